The van der Waals surface area contributed by atoms with Crippen LogP contribution in [-0.4, -0.2) is 23.4 Å². The fourth-order valence-electron chi connectivity index (χ4n) is 2.21. The van der Waals surface area contributed by atoms with Gasteiger partial charge in [0.1, 0.15) is 6.42 Å². The average Bonchev–Trinajstić information content (AvgIpc) is 2.30. The Bertz CT molecular complexity index is 308. The molecule has 0 bridgehead atoms. The van der Waals surface area contributed by atoms with Crippen LogP contribution in [0.2, 0.25) is 0 Å². The minimum Gasteiger partial charge on any atom is -0.343 e. The van der Waals surface area contributed by atoms with Gasteiger partial charge in [-0.15, -0.1) is 0 Å². The number of alkyl halides is 3. The average molecular weight is 281 g/mol. The van der Waals surface area contributed by atoms with Crippen molar-refractivity contribution in [1.29, 1.82) is 0 Å². The Morgan fingerprint density at radius 2 is 1.58 bits per heavy atom. The summed E-state index contributed by atoms with van der Waals surface area (Å²) in [6.07, 6.45) is -2.72. The van der Waals surface area contributed by atoms with Gasteiger partial charge in [0, 0.05) is 0 Å². The highest BCUT2D eigenvalue weighted by Gasteiger charge is 2.40. The summed E-state index contributed by atoms with van der Waals surface area (Å²) in [7, 11) is 0. The predicted molar refractivity (Wildman–Crippen MR) is 66.7 cm³/mol. The Morgan fingerprint density at radius 3 is 1.95 bits per heavy atom. The van der Waals surface area contributed by atoms with Crippen molar-refractivity contribution in [3.63, 3.8) is 0 Å². The topological polar surface area (TPSA) is 46.2 Å². The molecule has 0 atom stereocenters. The monoisotopic (exact) mass is 281 g/mol. The fraction of sp³-hybridized carbons (Fsp3) is 0.846. The van der Waals surface area contributed by atoms with Gasteiger partial charge in [-0.1, -0.05) is 33.1 Å². The Hall–Kier alpha value is -1.07. The number of halogens is 3. The number of nitrogens with one attached hydrogen (secondary N) is 1. The van der Waals surface area contributed by atoms with Crippen LogP contribution >= 0.6 is 0 Å². The van der Waals surface area contributed by atoms with Crippen molar-refractivity contribution in [1.82, 2.24) is 5.32 Å². The van der Waals surface area contributed by atoms with Crippen molar-refractivity contribution in [3.05, 3.63) is 0 Å². The SMILES string of the molecule is CC.CC(=O)C1(NC(=O)CC(F)(F)F)CCCCC1. The Labute approximate surface area is 111 Å². The summed E-state index contributed by atoms with van der Waals surface area (Å²) in [6, 6.07) is 0. The molecule has 0 spiro atoms. The number of hydrogen-bond acceptors (Lipinski definition) is 2. The summed E-state index contributed by atoms with van der Waals surface area (Å²) in [6.45, 7) is 5.32. The van der Waals surface area contributed by atoms with Crippen molar-refractivity contribution < 1.29 is 22.8 Å². The van der Waals surface area contributed by atoms with Crippen LogP contribution in [0.15, 0.2) is 0 Å². The number of carbonyl (C=O) groups excluding carboxylic acids is 2. The Kier molecular flexibility index (Phi) is 7.08. The number of hydrogen-bond donors (Lipinski definition) is 1. The number of Topliss-reactive ketones (excluding diaryl/α,β-unsaturated/α-hetero) is 1. The van der Waals surface area contributed by atoms with E-state index >= 15 is 0 Å². The molecule has 0 heterocycles. The first-order valence-electron chi connectivity index (χ1n) is 6.64. The minimum atomic E-state index is -4.53. The maximum atomic E-state index is 12.0. The van der Waals surface area contributed by atoms with Gasteiger partial charge in [-0.25, -0.2) is 0 Å². The highest BCUT2D eigenvalue weighted by atomic mass is 19.4. The summed E-state index contributed by atoms with van der Waals surface area (Å²) in [5.74, 6) is -1.37. The number of rotatable bonds is 3. The van der Waals surface area contributed by atoms with Crippen LogP contribution < -0.4 is 5.32 Å². The molecule has 1 rings (SSSR count). The highest BCUT2D eigenvalue weighted by molar-refractivity contribution is 5.91. The maximum absolute atomic E-state index is 12.0. The number of amides is 1. The standard InChI is InChI=1S/C11H16F3NO2.C2H6/c1-8(16)10(5-3-2-4-6-10)15-9(17)7-11(12,13)14;1-2/h2-7H2,1H3,(H,15,17);1-2H3. The normalized spacial score (nSPS) is 18.0. The molecular formula is C13H22F3NO2. The quantitative estimate of drug-likeness (QED) is 0.862. The molecule has 6 heteroatoms. The molecule has 1 saturated carbocycles. The third-order valence-corrected chi connectivity index (χ3v) is 3.12. The van der Waals surface area contributed by atoms with E-state index in [2.05, 4.69) is 5.32 Å². The molecule has 1 aliphatic carbocycles. The van der Waals surface area contributed by atoms with Gasteiger partial charge in [-0.3, -0.25) is 9.59 Å². The van der Waals surface area contributed by atoms with Crippen LogP contribution in [0.3, 0.4) is 0 Å². The molecule has 0 saturated heterocycles. The van der Waals surface area contributed by atoms with Crippen molar-refractivity contribution in [2.24, 2.45) is 0 Å². The molecule has 1 aliphatic rings. The lowest BCUT2D eigenvalue weighted by Gasteiger charge is -2.35. The zero-order valence-corrected chi connectivity index (χ0v) is 11.7. The largest absolute Gasteiger partial charge is 0.397 e. The second-order valence-electron chi connectivity index (χ2n) is 4.54. The zero-order valence-electron chi connectivity index (χ0n) is 11.7. The van der Waals surface area contributed by atoms with Gasteiger partial charge in [0.05, 0.1) is 5.54 Å². The van der Waals surface area contributed by atoms with E-state index in [0.717, 1.165) is 19.3 Å². The van der Waals surface area contributed by atoms with Gasteiger partial charge in [0.25, 0.3) is 0 Å². The van der Waals surface area contributed by atoms with Crippen LogP contribution in [0.25, 0.3) is 0 Å². The van der Waals surface area contributed by atoms with Gasteiger partial charge in [0.15, 0.2) is 5.78 Å². The molecule has 1 amide bonds. The lowest BCUT2D eigenvalue weighted by Crippen LogP contribution is -2.55. The predicted octanol–water partition coefficient (Wildman–Crippen LogP) is 3.37. The van der Waals surface area contributed by atoms with E-state index in [-0.39, 0.29) is 5.78 Å². The van der Waals surface area contributed by atoms with E-state index in [1.165, 1.54) is 6.92 Å². The van der Waals surface area contributed by atoms with Crippen molar-refractivity contribution >= 4 is 11.7 Å². The molecule has 0 aromatic carbocycles. The van der Waals surface area contributed by atoms with E-state index in [1.54, 1.807) is 0 Å². The molecule has 0 radical (unpaired) electrons. The first kappa shape index (κ1) is 17.9. The summed E-state index contributed by atoms with van der Waals surface area (Å²) in [5, 5.41) is 2.28. The molecule has 0 aliphatic heterocycles. The molecule has 1 fully saturated rings. The zero-order chi connectivity index (χ0) is 15.1. The third-order valence-electron chi connectivity index (χ3n) is 3.12. The Morgan fingerprint density at radius 1 is 1.11 bits per heavy atom. The second-order valence-corrected chi connectivity index (χ2v) is 4.54. The number of ketones is 1. The molecular weight excluding hydrogens is 259 g/mol. The molecule has 19 heavy (non-hydrogen) atoms. The third kappa shape index (κ3) is 6.07. The fourth-order valence-corrected chi connectivity index (χ4v) is 2.21. The first-order chi connectivity index (χ1) is 8.75. The van der Waals surface area contributed by atoms with E-state index in [0.29, 0.717) is 12.8 Å². The minimum absolute atomic E-state index is 0.257. The van der Waals surface area contributed by atoms with Gasteiger partial charge >= 0.3 is 6.18 Å². The van der Waals surface area contributed by atoms with E-state index < -0.39 is 24.0 Å². The smallest absolute Gasteiger partial charge is 0.343 e. The highest BCUT2D eigenvalue weighted by Crippen LogP contribution is 2.30. The van der Waals surface area contributed by atoms with E-state index in [9.17, 15) is 22.8 Å². The molecule has 0 unspecified atom stereocenters. The van der Waals surface area contributed by atoms with Crippen LogP contribution in [0.4, 0.5) is 13.2 Å². The van der Waals surface area contributed by atoms with E-state index in [1.807, 2.05) is 13.8 Å². The van der Waals surface area contributed by atoms with Gasteiger partial charge in [0.2, 0.25) is 5.91 Å². The van der Waals surface area contributed by atoms with Crippen LogP contribution in [0, 0.1) is 0 Å². The van der Waals surface area contributed by atoms with Crippen molar-refractivity contribution in [3.8, 4) is 0 Å². The summed E-state index contributed by atoms with van der Waals surface area (Å²) in [5.41, 5.74) is -1.07. The molecule has 3 nitrogen and oxygen atoms in total. The van der Waals surface area contributed by atoms with Gasteiger partial charge in [-0.05, 0) is 19.8 Å². The van der Waals surface area contributed by atoms with Crippen LogP contribution in [0.5, 0.6) is 0 Å². The Balaban J connectivity index is 0.00000154. The van der Waals surface area contributed by atoms with Gasteiger partial charge < -0.3 is 5.32 Å². The van der Waals surface area contributed by atoms with Crippen molar-refractivity contribution in [2.75, 3.05) is 0 Å². The summed E-state index contributed by atoms with van der Waals surface area (Å²) >= 11 is 0. The van der Waals surface area contributed by atoms with Gasteiger partial charge in [-0.2, -0.15) is 13.2 Å². The van der Waals surface area contributed by atoms with Crippen LogP contribution in [0.1, 0.15) is 59.3 Å². The van der Waals surface area contributed by atoms with Crippen molar-refractivity contribution in [2.45, 2.75) is 71.0 Å². The summed E-state index contributed by atoms with van der Waals surface area (Å²) in [4.78, 5) is 22.8. The molecule has 0 aromatic rings. The molecule has 1 N–H and O–H groups in total. The summed E-state index contributed by atoms with van der Waals surface area (Å²) < 4.78 is 36.1. The first-order valence-corrected chi connectivity index (χ1v) is 6.64. The van der Waals surface area contributed by atoms with Crippen LogP contribution in [-0.2, 0) is 9.59 Å². The van der Waals surface area contributed by atoms with E-state index in [4.69, 9.17) is 0 Å². The number of carbonyl (C=O) groups is 2. The maximum Gasteiger partial charge on any atom is 0.397 e. The second kappa shape index (κ2) is 7.50. The lowest BCUT2D eigenvalue weighted by molar-refractivity contribution is -0.156. The molecule has 0 aromatic heterocycles. The lowest BCUT2D eigenvalue weighted by atomic mass is 9.79. The molecule has 112 valence electrons.